The molecule has 0 amide bonds. The van der Waals surface area contributed by atoms with Crippen LogP contribution in [-0.4, -0.2) is 11.0 Å². The normalized spacial score (nSPS) is 12.2. The average molecular weight is 278 g/mol. The van der Waals surface area contributed by atoms with Crippen molar-refractivity contribution in [2.45, 2.75) is 25.8 Å². The van der Waals surface area contributed by atoms with E-state index in [4.69, 9.17) is 10.5 Å². The number of pyridine rings is 1. The van der Waals surface area contributed by atoms with Crippen LogP contribution in [0.4, 0.5) is 8.78 Å². The summed E-state index contributed by atoms with van der Waals surface area (Å²) in [5.41, 5.74) is 6.85. The Hall–Kier alpha value is -2.01. The number of ether oxygens (including phenoxy) is 1. The lowest BCUT2D eigenvalue weighted by Crippen LogP contribution is -2.21. The predicted molar refractivity (Wildman–Crippen MR) is 72.6 cm³/mol. The number of aromatic nitrogens is 1. The number of nitrogens with two attached hydrogens (primary N) is 1. The molecule has 1 heterocycles. The lowest BCUT2D eigenvalue weighted by Gasteiger charge is -2.09. The Kier molecular flexibility index (Phi) is 4.63. The number of hydrogen-bond donors (Lipinski definition) is 1. The second kappa shape index (κ2) is 6.43. The van der Waals surface area contributed by atoms with Crippen molar-refractivity contribution in [3.8, 4) is 11.6 Å². The van der Waals surface area contributed by atoms with E-state index >= 15 is 0 Å². The Balaban J connectivity index is 2.07. The lowest BCUT2D eigenvalue weighted by molar-refractivity contribution is 0.423. The van der Waals surface area contributed by atoms with Crippen LogP contribution in [-0.2, 0) is 6.42 Å². The standard InChI is InChI=1S/C15H16F2N2O/c1-2-12(18)7-10-3-6-15(19-9-10)20-14-5-4-11(16)8-13(14)17/h3-6,8-9,12H,2,7,18H2,1H3. The summed E-state index contributed by atoms with van der Waals surface area (Å²) in [7, 11) is 0. The highest BCUT2D eigenvalue weighted by Crippen LogP contribution is 2.23. The highest BCUT2D eigenvalue weighted by Gasteiger charge is 2.07. The van der Waals surface area contributed by atoms with Crippen molar-refractivity contribution in [3.63, 3.8) is 0 Å². The van der Waals surface area contributed by atoms with Crippen LogP contribution >= 0.6 is 0 Å². The third-order valence-electron chi connectivity index (χ3n) is 2.93. The van der Waals surface area contributed by atoms with Gasteiger partial charge in [0.2, 0.25) is 5.88 Å². The van der Waals surface area contributed by atoms with E-state index < -0.39 is 11.6 Å². The molecule has 1 aromatic heterocycles. The van der Waals surface area contributed by atoms with E-state index in [-0.39, 0.29) is 17.7 Å². The summed E-state index contributed by atoms with van der Waals surface area (Å²) >= 11 is 0. The molecule has 0 radical (unpaired) electrons. The molecule has 2 aromatic rings. The van der Waals surface area contributed by atoms with Gasteiger partial charge in [0.15, 0.2) is 11.6 Å². The quantitative estimate of drug-likeness (QED) is 0.911. The van der Waals surface area contributed by atoms with E-state index in [1.165, 1.54) is 6.07 Å². The Bertz CT molecular complexity index is 573. The summed E-state index contributed by atoms with van der Waals surface area (Å²) in [6.07, 6.45) is 3.26. The average Bonchev–Trinajstić information content (AvgIpc) is 2.44. The van der Waals surface area contributed by atoms with Crippen LogP contribution in [0.2, 0.25) is 0 Å². The Morgan fingerprint density at radius 2 is 2.05 bits per heavy atom. The number of benzene rings is 1. The maximum absolute atomic E-state index is 13.4. The zero-order valence-corrected chi connectivity index (χ0v) is 11.1. The SMILES string of the molecule is CCC(N)Cc1ccc(Oc2ccc(F)cc2F)nc1. The van der Waals surface area contributed by atoms with E-state index in [1.54, 1.807) is 12.3 Å². The van der Waals surface area contributed by atoms with E-state index in [2.05, 4.69) is 4.98 Å². The second-order valence-corrected chi connectivity index (χ2v) is 4.55. The Morgan fingerprint density at radius 3 is 2.65 bits per heavy atom. The van der Waals surface area contributed by atoms with Gasteiger partial charge in [0.1, 0.15) is 5.82 Å². The molecule has 1 unspecified atom stereocenters. The van der Waals surface area contributed by atoms with Crippen molar-refractivity contribution in [1.82, 2.24) is 4.98 Å². The molecule has 0 saturated heterocycles. The van der Waals surface area contributed by atoms with Crippen LogP contribution in [0.1, 0.15) is 18.9 Å². The Morgan fingerprint density at radius 1 is 1.25 bits per heavy atom. The zero-order valence-electron chi connectivity index (χ0n) is 11.1. The first kappa shape index (κ1) is 14.4. The molecule has 2 N–H and O–H groups in total. The van der Waals surface area contributed by atoms with E-state index in [0.29, 0.717) is 0 Å². The van der Waals surface area contributed by atoms with Crippen molar-refractivity contribution in [2.75, 3.05) is 0 Å². The molecule has 0 spiro atoms. The number of nitrogens with zero attached hydrogens (tertiary/aromatic N) is 1. The molecule has 106 valence electrons. The van der Waals surface area contributed by atoms with Crippen LogP contribution in [0.25, 0.3) is 0 Å². The van der Waals surface area contributed by atoms with Gasteiger partial charge in [-0.3, -0.25) is 0 Å². The first-order valence-corrected chi connectivity index (χ1v) is 6.42. The van der Waals surface area contributed by atoms with Gasteiger partial charge < -0.3 is 10.5 Å². The van der Waals surface area contributed by atoms with E-state index in [1.807, 2.05) is 13.0 Å². The van der Waals surface area contributed by atoms with Gasteiger partial charge in [-0.1, -0.05) is 13.0 Å². The van der Waals surface area contributed by atoms with Gasteiger partial charge in [-0.25, -0.2) is 13.8 Å². The molecule has 0 saturated carbocycles. The largest absolute Gasteiger partial charge is 0.436 e. The Labute approximate surface area is 116 Å². The van der Waals surface area contributed by atoms with Crippen molar-refractivity contribution in [2.24, 2.45) is 5.73 Å². The first-order chi connectivity index (χ1) is 9.58. The van der Waals surface area contributed by atoms with Crippen LogP contribution in [0, 0.1) is 11.6 Å². The highest BCUT2D eigenvalue weighted by atomic mass is 19.1. The maximum Gasteiger partial charge on any atom is 0.219 e. The molecule has 0 aliphatic rings. The molecule has 2 rings (SSSR count). The monoisotopic (exact) mass is 278 g/mol. The van der Waals surface area contributed by atoms with Crippen LogP contribution in [0.15, 0.2) is 36.5 Å². The van der Waals surface area contributed by atoms with Gasteiger partial charge >= 0.3 is 0 Å². The highest BCUT2D eigenvalue weighted by molar-refractivity contribution is 5.29. The van der Waals surface area contributed by atoms with Crippen molar-refractivity contribution >= 4 is 0 Å². The fraction of sp³-hybridized carbons (Fsp3) is 0.267. The summed E-state index contributed by atoms with van der Waals surface area (Å²) in [6, 6.07) is 6.70. The second-order valence-electron chi connectivity index (χ2n) is 4.55. The van der Waals surface area contributed by atoms with Crippen molar-refractivity contribution in [3.05, 3.63) is 53.7 Å². The molecule has 20 heavy (non-hydrogen) atoms. The topological polar surface area (TPSA) is 48.1 Å². The molecule has 3 nitrogen and oxygen atoms in total. The summed E-state index contributed by atoms with van der Waals surface area (Å²) in [5, 5.41) is 0. The fourth-order valence-corrected chi connectivity index (χ4v) is 1.71. The van der Waals surface area contributed by atoms with Gasteiger partial charge in [0.05, 0.1) is 0 Å². The van der Waals surface area contributed by atoms with Crippen LogP contribution < -0.4 is 10.5 Å². The molecular weight excluding hydrogens is 262 g/mol. The molecule has 0 aliphatic heterocycles. The smallest absolute Gasteiger partial charge is 0.219 e. The number of halogens is 2. The van der Waals surface area contributed by atoms with Crippen LogP contribution in [0.3, 0.4) is 0 Å². The van der Waals surface area contributed by atoms with Gasteiger partial charge in [-0.05, 0) is 30.5 Å². The van der Waals surface area contributed by atoms with Crippen LogP contribution in [0.5, 0.6) is 11.6 Å². The number of hydrogen-bond acceptors (Lipinski definition) is 3. The third kappa shape index (κ3) is 3.74. The summed E-state index contributed by atoms with van der Waals surface area (Å²) in [6.45, 7) is 2.02. The van der Waals surface area contributed by atoms with E-state index in [0.717, 1.165) is 30.5 Å². The van der Waals surface area contributed by atoms with Gasteiger partial charge in [0.25, 0.3) is 0 Å². The zero-order chi connectivity index (χ0) is 14.5. The third-order valence-corrected chi connectivity index (χ3v) is 2.93. The first-order valence-electron chi connectivity index (χ1n) is 6.42. The van der Waals surface area contributed by atoms with Gasteiger partial charge in [0, 0.05) is 24.4 Å². The molecule has 0 fully saturated rings. The molecule has 0 aliphatic carbocycles. The number of rotatable bonds is 5. The van der Waals surface area contributed by atoms with Crippen molar-refractivity contribution < 1.29 is 13.5 Å². The fourth-order valence-electron chi connectivity index (χ4n) is 1.71. The molecule has 1 atom stereocenters. The van der Waals surface area contributed by atoms with Crippen molar-refractivity contribution in [1.29, 1.82) is 0 Å². The molecule has 5 heteroatoms. The van der Waals surface area contributed by atoms with Gasteiger partial charge in [-0.15, -0.1) is 0 Å². The predicted octanol–water partition coefficient (Wildman–Crippen LogP) is 3.43. The minimum Gasteiger partial charge on any atom is -0.436 e. The van der Waals surface area contributed by atoms with E-state index in [9.17, 15) is 8.78 Å². The summed E-state index contributed by atoms with van der Waals surface area (Å²) < 4.78 is 31.5. The minimum absolute atomic E-state index is 0.0584. The lowest BCUT2D eigenvalue weighted by atomic mass is 10.1. The summed E-state index contributed by atoms with van der Waals surface area (Å²) in [4.78, 5) is 4.09. The molecule has 0 bridgehead atoms. The minimum atomic E-state index is -0.760. The maximum atomic E-state index is 13.4. The summed E-state index contributed by atoms with van der Waals surface area (Å²) in [5.74, 6) is -1.21. The molecule has 1 aromatic carbocycles. The van der Waals surface area contributed by atoms with Gasteiger partial charge in [-0.2, -0.15) is 0 Å². The molecular formula is C15H16F2N2O.